The molecule has 0 N–H and O–H groups in total. The van der Waals surface area contributed by atoms with Crippen molar-refractivity contribution in [2.24, 2.45) is 0 Å². The maximum atomic E-state index is 13.5. The summed E-state index contributed by atoms with van der Waals surface area (Å²) in [4.78, 5) is 1.65. The van der Waals surface area contributed by atoms with Gasteiger partial charge in [0.25, 0.3) is 5.92 Å². The van der Waals surface area contributed by atoms with Crippen LogP contribution in [0.3, 0.4) is 0 Å². The van der Waals surface area contributed by atoms with E-state index in [2.05, 4.69) is 0 Å². The normalized spacial score (nSPS) is 20.6. The molecule has 3 heteroatoms. The van der Waals surface area contributed by atoms with E-state index in [0.717, 1.165) is 11.1 Å². The first-order chi connectivity index (χ1) is 6.49. The molecular weight excluding hydrogens is 184 g/mol. The molecule has 1 aliphatic heterocycles. The molecule has 0 fully saturated rings. The standard InChI is InChI=1S/C11H13F2N/c1-8-3-4-10-9(5-8)6-14(2)7-11(10,12)13/h3-5H,6-7H2,1-2H3. The third-order valence-corrected chi connectivity index (χ3v) is 2.56. The molecule has 0 bridgehead atoms. The van der Waals surface area contributed by atoms with E-state index in [1.807, 2.05) is 13.0 Å². The summed E-state index contributed by atoms with van der Waals surface area (Å²) in [6, 6.07) is 5.15. The predicted molar refractivity (Wildman–Crippen MR) is 51.4 cm³/mol. The van der Waals surface area contributed by atoms with Crippen molar-refractivity contribution in [3.63, 3.8) is 0 Å². The Bertz CT molecular complexity index is 360. The Morgan fingerprint density at radius 3 is 2.79 bits per heavy atom. The summed E-state index contributed by atoms with van der Waals surface area (Å²) in [6.45, 7) is 2.36. The lowest BCUT2D eigenvalue weighted by Crippen LogP contribution is -2.38. The maximum Gasteiger partial charge on any atom is 0.285 e. The van der Waals surface area contributed by atoms with E-state index in [9.17, 15) is 8.78 Å². The zero-order valence-electron chi connectivity index (χ0n) is 8.35. The minimum Gasteiger partial charge on any atom is -0.296 e. The molecule has 1 aromatic carbocycles. The van der Waals surface area contributed by atoms with E-state index in [-0.39, 0.29) is 12.1 Å². The molecule has 0 saturated carbocycles. The molecule has 2 rings (SSSR count). The fourth-order valence-electron chi connectivity index (χ4n) is 1.98. The first kappa shape index (κ1) is 9.59. The van der Waals surface area contributed by atoms with E-state index >= 15 is 0 Å². The number of likely N-dealkylation sites (N-methyl/N-ethyl adjacent to an activating group) is 1. The van der Waals surface area contributed by atoms with Gasteiger partial charge in [0.05, 0.1) is 6.54 Å². The SMILES string of the molecule is Cc1ccc2c(c1)CN(C)CC2(F)F. The average Bonchev–Trinajstić information content (AvgIpc) is 2.00. The van der Waals surface area contributed by atoms with Crippen molar-refractivity contribution in [1.29, 1.82) is 0 Å². The number of halogens is 2. The van der Waals surface area contributed by atoms with Crippen molar-refractivity contribution in [3.8, 4) is 0 Å². The van der Waals surface area contributed by atoms with Gasteiger partial charge in [0.15, 0.2) is 0 Å². The molecule has 1 nitrogen and oxygen atoms in total. The van der Waals surface area contributed by atoms with Crippen LogP contribution in [-0.2, 0) is 12.5 Å². The highest BCUT2D eigenvalue weighted by molar-refractivity contribution is 5.36. The van der Waals surface area contributed by atoms with E-state index in [0.29, 0.717) is 6.54 Å². The quantitative estimate of drug-likeness (QED) is 0.617. The van der Waals surface area contributed by atoms with E-state index < -0.39 is 5.92 Å². The second-order valence-electron chi connectivity index (χ2n) is 4.04. The van der Waals surface area contributed by atoms with Gasteiger partial charge in [-0.15, -0.1) is 0 Å². The van der Waals surface area contributed by atoms with Gasteiger partial charge in [0.2, 0.25) is 0 Å². The van der Waals surface area contributed by atoms with E-state index in [1.165, 1.54) is 0 Å². The van der Waals surface area contributed by atoms with Crippen LogP contribution in [0, 0.1) is 6.92 Å². The van der Waals surface area contributed by atoms with Crippen molar-refractivity contribution >= 4 is 0 Å². The number of hydrogen-bond acceptors (Lipinski definition) is 1. The first-order valence-electron chi connectivity index (χ1n) is 4.65. The lowest BCUT2D eigenvalue weighted by molar-refractivity contribution is -0.0455. The zero-order valence-corrected chi connectivity index (χ0v) is 8.35. The van der Waals surface area contributed by atoms with Gasteiger partial charge in [-0.3, -0.25) is 4.90 Å². The number of benzene rings is 1. The number of hydrogen-bond donors (Lipinski definition) is 0. The number of aryl methyl sites for hydroxylation is 1. The van der Waals surface area contributed by atoms with E-state index in [4.69, 9.17) is 0 Å². The fourth-order valence-corrected chi connectivity index (χ4v) is 1.98. The first-order valence-corrected chi connectivity index (χ1v) is 4.65. The monoisotopic (exact) mass is 197 g/mol. The Morgan fingerprint density at radius 1 is 1.36 bits per heavy atom. The number of rotatable bonds is 0. The largest absolute Gasteiger partial charge is 0.296 e. The lowest BCUT2D eigenvalue weighted by Gasteiger charge is -2.32. The van der Waals surface area contributed by atoms with Crippen LogP contribution in [0.2, 0.25) is 0 Å². The number of alkyl halides is 2. The Hall–Kier alpha value is -0.960. The molecule has 1 aromatic rings. The minimum atomic E-state index is -2.70. The van der Waals surface area contributed by atoms with Gasteiger partial charge >= 0.3 is 0 Å². The molecule has 14 heavy (non-hydrogen) atoms. The Labute approximate surface area is 82.3 Å². The molecule has 0 amide bonds. The highest BCUT2D eigenvalue weighted by atomic mass is 19.3. The van der Waals surface area contributed by atoms with Crippen LogP contribution in [0.25, 0.3) is 0 Å². The van der Waals surface area contributed by atoms with Crippen molar-refractivity contribution in [2.45, 2.75) is 19.4 Å². The van der Waals surface area contributed by atoms with Crippen molar-refractivity contribution < 1.29 is 8.78 Å². The molecule has 0 unspecified atom stereocenters. The fraction of sp³-hybridized carbons (Fsp3) is 0.455. The summed E-state index contributed by atoms with van der Waals surface area (Å²) in [5.41, 5.74) is 1.99. The summed E-state index contributed by atoms with van der Waals surface area (Å²) in [5.74, 6) is -2.70. The molecule has 0 atom stereocenters. The van der Waals surface area contributed by atoms with Crippen LogP contribution in [0.4, 0.5) is 8.78 Å². The smallest absolute Gasteiger partial charge is 0.285 e. The van der Waals surface area contributed by atoms with Gasteiger partial charge in [-0.25, -0.2) is 0 Å². The number of fused-ring (bicyclic) bond motifs is 1. The van der Waals surface area contributed by atoms with Gasteiger partial charge in [-0.05, 0) is 19.5 Å². The van der Waals surface area contributed by atoms with Gasteiger partial charge < -0.3 is 0 Å². The van der Waals surface area contributed by atoms with Gasteiger partial charge in [0, 0.05) is 12.1 Å². The second-order valence-corrected chi connectivity index (χ2v) is 4.04. The predicted octanol–water partition coefficient (Wildman–Crippen LogP) is 2.53. The Kier molecular flexibility index (Phi) is 2.07. The average molecular weight is 197 g/mol. The summed E-state index contributed by atoms with van der Waals surface area (Å²) >= 11 is 0. The van der Waals surface area contributed by atoms with Crippen LogP contribution in [0.5, 0.6) is 0 Å². The maximum absolute atomic E-state index is 13.5. The highest BCUT2D eigenvalue weighted by Gasteiger charge is 2.38. The Balaban J connectivity index is 2.52. The van der Waals surface area contributed by atoms with Crippen LogP contribution < -0.4 is 0 Å². The van der Waals surface area contributed by atoms with Gasteiger partial charge in [-0.1, -0.05) is 23.8 Å². The molecule has 0 aliphatic carbocycles. The molecule has 0 saturated heterocycles. The Morgan fingerprint density at radius 2 is 2.07 bits per heavy atom. The van der Waals surface area contributed by atoms with Crippen molar-refractivity contribution in [2.75, 3.05) is 13.6 Å². The summed E-state index contributed by atoms with van der Waals surface area (Å²) in [6.07, 6.45) is 0. The molecule has 0 spiro atoms. The highest BCUT2D eigenvalue weighted by Crippen LogP contribution is 2.36. The number of nitrogens with zero attached hydrogens (tertiary/aromatic N) is 1. The third-order valence-electron chi connectivity index (χ3n) is 2.56. The zero-order chi connectivity index (χ0) is 10.3. The summed E-state index contributed by atoms with van der Waals surface area (Å²) in [7, 11) is 1.72. The topological polar surface area (TPSA) is 3.24 Å². The van der Waals surface area contributed by atoms with Crippen LogP contribution in [0.15, 0.2) is 18.2 Å². The van der Waals surface area contributed by atoms with Crippen molar-refractivity contribution in [1.82, 2.24) is 4.90 Å². The van der Waals surface area contributed by atoms with E-state index in [1.54, 1.807) is 24.1 Å². The van der Waals surface area contributed by atoms with Gasteiger partial charge in [-0.2, -0.15) is 8.78 Å². The summed E-state index contributed by atoms with van der Waals surface area (Å²) in [5, 5.41) is 0. The van der Waals surface area contributed by atoms with Crippen LogP contribution in [-0.4, -0.2) is 18.5 Å². The second kappa shape index (κ2) is 3.02. The van der Waals surface area contributed by atoms with Gasteiger partial charge in [0.1, 0.15) is 0 Å². The minimum absolute atomic E-state index is 0.178. The van der Waals surface area contributed by atoms with Crippen LogP contribution in [0.1, 0.15) is 16.7 Å². The summed E-state index contributed by atoms with van der Waals surface area (Å²) < 4.78 is 27.1. The molecule has 1 aliphatic rings. The molecule has 0 aromatic heterocycles. The molecule has 76 valence electrons. The molecular formula is C11H13F2N. The van der Waals surface area contributed by atoms with Crippen LogP contribution >= 0.6 is 0 Å². The lowest BCUT2D eigenvalue weighted by atomic mass is 9.95. The third kappa shape index (κ3) is 1.52. The van der Waals surface area contributed by atoms with Crippen molar-refractivity contribution in [3.05, 3.63) is 34.9 Å². The molecule has 1 heterocycles. The molecule has 0 radical (unpaired) electrons.